The number of hydrogen-bond donors (Lipinski definition) is 1. The van der Waals surface area contributed by atoms with Gasteiger partial charge in [0.2, 0.25) is 6.10 Å². The van der Waals surface area contributed by atoms with Gasteiger partial charge in [-0.05, 0) is 48.0 Å². The van der Waals surface area contributed by atoms with Crippen molar-refractivity contribution in [1.82, 2.24) is 0 Å². The highest BCUT2D eigenvalue weighted by atomic mass is 32.2. The van der Waals surface area contributed by atoms with E-state index in [2.05, 4.69) is 0 Å². The van der Waals surface area contributed by atoms with Crippen molar-refractivity contribution in [3.05, 3.63) is 29.8 Å². The first kappa shape index (κ1) is 14.3. The Morgan fingerprint density at radius 2 is 1.90 bits per heavy atom. The van der Waals surface area contributed by atoms with Crippen LogP contribution in [0.1, 0.15) is 24.3 Å². The molecule has 5 nitrogen and oxygen atoms in total. The van der Waals surface area contributed by atoms with Crippen LogP contribution in [0.3, 0.4) is 0 Å². The van der Waals surface area contributed by atoms with Gasteiger partial charge in [0.25, 0.3) is 0 Å². The summed E-state index contributed by atoms with van der Waals surface area (Å²) in [6, 6.07) is 7.83. The number of carboxylic acids is 1. The summed E-state index contributed by atoms with van der Waals surface area (Å²) in [4.78, 5) is 24.0. The average Bonchev–Trinajstić information content (AvgIpc) is 2.91. The summed E-state index contributed by atoms with van der Waals surface area (Å²) in [6.07, 6.45) is 0.713. The number of aliphatic carboxylic acids is 1. The van der Waals surface area contributed by atoms with Crippen molar-refractivity contribution in [3.63, 3.8) is 0 Å². The summed E-state index contributed by atoms with van der Waals surface area (Å²) in [5.41, 5.74) is 1.99. The molecule has 1 unspecified atom stereocenters. The maximum Gasteiger partial charge on any atom is 0.415 e. The molecule has 2 heterocycles. The highest BCUT2D eigenvalue weighted by molar-refractivity contribution is 7.99. The average molecular weight is 307 g/mol. The van der Waals surface area contributed by atoms with Gasteiger partial charge in [0.1, 0.15) is 0 Å². The largest absolute Gasteiger partial charge is 0.478 e. The summed E-state index contributed by atoms with van der Waals surface area (Å²) in [5, 5.41) is 8.90. The molecule has 2 aliphatic heterocycles. The van der Waals surface area contributed by atoms with E-state index in [1.54, 1.807) is 0 Å². The van der Waals surface area contributed by atoms with Crippen LogP contribution in [0.5, 0.6) is 0 Å². The molecule has 0 aromatic heterocycles. The van der Waals surface area contributed by atoms with Crippen molar-refractivity contribution in [1.29, 1.82) is 0 Å². The third kappa shape index (κ3) is 3.00. The van der Waals surface area contributed by atoms with Gasteiger partial charge in [0, 0.05) is 5.69 Å². The van der Waals surface area contributed by atoms with E-state index in [0.717, 1.165) is 0 Å². The lowest BCUT2D eigenvalue weighted by atomic mass is 9.93. The fraction of sp³-hybridized carbons (Fsp3) is 0.467. The zero-order valence-corrected chi connectivity index (χ0v) is 12.3. The van der Waals surface area contributed by atoms with Gasteiger partial charge in [0.05, 0.1) is 6.54 Å². The van der Waals surface area contributed by atoms with E-state index in [9.17, 15) is 9.59 Å². The van der Waals surface area contributed by atoms with Gasteiger partial charge in [-0.15, -0.1) is 0 Å². The molecule has 1 N–H and O–H groups in total. The minimum Gasteiger partial charge on any atom is -0.478 e. The first-order chi connectivity index (χ1) is 10.1. The maximum atomic E-state index is 11.7. The number of nitrogens with zero attached hydrogens (tertiary/aromatic N) is 1. The van der Waals surface area contributed by atoms with E-state index in [1.807, 2.05) is 36.0 Å². The molecule has 2 fully saturated rings. The van der Waals surface area contributed by atoms with Crippen molar-refractivity contribution in [2.45, 2.75) is 24.9 Å². The number of cyclic esters (lactones) is 1. The first-order valence-corrected chi connectivity index (χ1v) is 8.19. The van der Waals surface area contributed by atoms with Crippen LogP contribution in [0.4, 0.5) is 10.5 Å². The lowest BCUT2D eigenvalue weighted by molar-refractivity contribution is -0.144. The number of amides is 1. The van der Waals surface area contributed by atoms with E-state index in [1.165, 1.54) is 34.8 Å². The molecule has 6 heteroatoms. The molecular weight excluding hydrogens is 290 g/mol. The summed E-state index contributed by atoms with van der Waals surface area (Å²) in [5.74, 6) is 1.89. The Kier molecular flexibility index (Phi) is 4.05. The molecule has 3 rings (SSSR count). The Morgan fingerprint density at radius 1 is 1.24 bits per heavy atom. The molecule has 1 aromatic carbocycles. The summed E-state index contributed by atoms with van der Waals surface area (Å²) in [6.45, 7) is 0.0631. The summed E-state index contributed by atoms with van der Waals surface area (Å²) < 4.78 is 4.82. The van der Waals surface area contributed by atoms with Gasteiger partial charge in [-0.1, -0.05) is 12.1 Å². The molecule has 2 saturated heterocycles. The molecule has 0 aliphatic carbocycles. The molecule has 0 saturated carbocycles. The number of rotatable bonds is 3. The smallest absolute Gasteiger partial charge is 0.415 e. The monoisotopic (exact) mass is 307 g/mol. The molecule has 2 aliphatic rings. The van der Waals surface area contributed by atoms with E-state index in [-0.39, 0.29) is 6.54 Å². The van der Waals surface area contributed by atoms with Gasteiger partial charge in [0.15, 0.2) is 0 Å². The molecular formula is C15H17NO4S. The number of carbonyl (C=O) groups is 2. The van der Waals surface area contributed by atoms with Gasteiger partial charge < -0.3 is 9.84 Å². The van der Waals surface area contributed by atoms with Crippen LogP contribution in [0.15, 0.2) is 24.3 Å². The second-order valence-corrected chi connectivity index (χ2v) is 6.52. The van der Waals surface area contributed by atoms with Crippen LogP contribution in [0.2, 0.25) is 0 Å². The van der Waals surface area contributed by atoms with Crippen LogP contribution in [0.25, 0.3) is 0 Å². The zero-order valence-electron chi connectivity index (χ0n) is 11.5. The van der Waals surface area contributed by atoms with E-state index < -0.39 is 18.2 Å². The second kappa shape index (κ2) is 5.97. The predicted molar refractivity (Wildman–Crippen MR) is 81.0 cm³/mol. The molecule has 21 heavy (non-hydrogen) atoms. The first-order valence-electron chi connectivity index (χ1n) is 7.04. The van der Waals surface area contributed by atoms with Crippen LogP contribution < -0.4 is 4.90 Å². The third-order valence-electron chi connectivity index (χ3n) is 3.98. The zero-order chi connectivity index (χ0) is 14.8. The van der Waals surface area contributed by atoms with Crippen molar-refractivity contribution in [2.24, 2.45) is 0 Å². The van der Waals surface area contributed by atoms with E-state index >= 15 is 0 Å². The van der Waals surface area contributed by atoms with Crippen LogP contribution in [-0.2, 0) is 9.53 Å². The van der Waals surface area contributed by atoms with Crippen molar-refractivity contribution in [2.75, 3.05) is 23.0 Å². The molecule has 1 atom stereocenters. The highest BCUT2D eigenvalue weighted by Gasteiger charge is 2.36. The normalized spacial score (nSPS) is 23.1. The van der Waals surface area contributed by atoms with Crippen LogP contribution in [-0.4, -0.2) is 41.3 Å². The number of thioether (sulfide) groups is 1. The molecule has 0 radical (unpaired) electrons. The van der Waals surface area contributed by atoms with Crippen molar-refractivity contribution in [3.8, 4) is 0 Å². The van der Waals surface area contributed by atoms with Gasteiger partial charge in [-0.3, -0.25) is 4.90 Å². The lowest BCUT2D eigenvalue weighted by Gasteiger charge is -2.22. The van der Waals surface area contributed by atoms with Gasteiger partial charge in [-0.25, -0.2) is 9.59 Å². The van der Waals surface area contributed by atoms with Crippen molar-refractivity contribution < 1.29 is 19.4 Å². The lowest BCUT2D eigenvalue weighted by Crippen LogP contribution is -2.27. The van der Waals surface area contributed by atoms with Crippen LogP contribution in [0, 0.1) is 0 Å². The number of ether oxygens (including phenoxy) is 1. The number of hydrogen-bond acceptors (Lipinski definition) is 4. The van der Waals surface area contributed by atoms with Gasteiger partial charge >= 0.3 is 12.1 Å². The molecule has 112 valence electrons. The standard InChI is InChI=1S/C15H17NO4S/c17-14(18)13-9-16(15(19)20-13)12-3-1-10(2-4-12)11-5-7-21-8-6-11/h1-4,11,13H,5-9H2,(H,17,18). The molecule has 1 aromatic rings. The second-order valence-electron chi connectivity index (χ2n) is 5.30. The Morgan fingerprint density at radius 3 is 2.48 bits per heavy atom. The Bertz CT molecular complexity index is 539. The Balaban J connectivity index is 1.72. The quantitative estimate of drug-likeness (QED) is 0.930. The fourth-order valence-electron chi connectivity index (χ4n) is 2.76. The number of carbonyl (C=O) groups excluding carboxylic acids is 1. The summed E-state index contributed by atoms with van der Waals surface area (Å²) >= 11 is 2.00. The summed E-state index contributed by atoms with van der Waals surface area (Å²) in [7, 11) is 0. The minimum absolute atomic E-state index is 0.0631. The number of carboxylic acid groups (broad SMARTS) is 1. The maximum absolute atomic E-state index is 11.7. The predicted octanol–water partition coefficient (Wildman–Crippen LogP) is 2.71. The van der Waals surface area contributed by atoms with Gasteiger partial charge in [-0.2, -0.15) is 11.8 Å². The van der Waals surface area contributed by atoms with E-state index in [4.69, 9.17) is 9.84 Å². The van der Waals surface area contributed by atoms with Crippen LogP contribution >= 0.6 is 11.8 Å². The Labute approximate surface area is 127 Å². The number of anilines is 1. The fourth-order valence-corrected chi connectivity index (χ4v) is 3.87. The highest BCUT2D eigenvalue weighted by Crippen LogP contribution is 2.32. The minimum atomic E-state index is -1.11. The molecule has 0 bridgehead atoms. The number of benzene rings is 1. The Hall–Kier alpha value is -1.69. The van der Waals surface area contributed by atoms with Crippen molar-refractivity contribution >= 4 is 29.5 Å². The SMILES string of the molecule is O=C(O)C1CN(c2ccc(C3CCSCC3)cc2)C(=O)O1. The third-order valence-corrected chi connectivity index (χ3v) is 5.03. The molecule has 1 amide bonds. The molecule has 0 spiro atoms. The topological polar surface area (TPSA) is 66.8 Å². The van der Waals surface area contributed by atoms with E-state index in [0.29, 0.717) is 11.6 Å².